The first-order valence-electron chi connectivity index (χ1n) is 18.6. The van der Waals surface area contributed by atoms with E-state index in [0.717, 1.165) is 12.1 Å². The SMILES string of the molecule is FC(F)(F)c1ccc(-c2ccc(-n3c4ccccc4c4cc(-c5cc(C(F)(F)F)cc(C(F)(F)F)c5)ccc43)cc2-c2nc(-c3ccccc3)nc(-c3ccccc3)n2)cc1. The minimum atomic E-state index is -5.03. The number of nitrogens with zero attached hydrogens (tertiary/aromatic N) is 4. The van der Waals surface area contributed by atoms with Crippen molar-refractivity contribution >= 4 is 21.8 Å². The molecule has 13 heteroatoms. The lowest BCUT2D eigenvalue weighted by molar-refractivity contribution is -0.143. The smallest absolute Gasteiger partial charge is 0.309 e. The fraction of sp³-hybridized carbons (Fsp3) is 0.0625. The maximum Gasteiger partial charge on any atom is 0.416 e. The van der Waals surface area contributed by atoms with Crippen molar-refractivity contribution in [2.24, 2.45) is 0 Å². The third-order valence-electron chi connectivity index (χ3n) is 10.3. The van der Waals surface area contributed by atoms with Crippen molar-refractivity contribution < 1.29 is 39.5 Å². The van der Waals surface area contributed by atoms with Crippen LogP contribution in [0, 0.1) is 0 Å². The van der Waals surface area contributed by atoms with Crippen LogP contribution in [0.3, 0.4) is 0 Å². The number of hydrogen-bond acceptors (Lipinski definition) is 3. The lowest BCUT2D eigenvalue weighted by Crippen LogP contribution is -2.11. The number of fused-ring (bicyclic) bond motifs is 3. The second-order valence-electron chi connectivity index (χ2n) is 14.2. The van der Waals surface area contributed by atoms with Gasteiger partial charge < -0.3 is 4.57 Å². The third kappa shape index (κ3) is 7.58. The van der Waals surface area contributed by atoms with Crippen LogP contribution >= 0.6 is 0 Å². The van der Waals surface area contributed by atoms with E-state index in [0.29, 0.717) is 79.1 Å². The Labute approximate surface area is 341 Å². The van der Waals surface area contributed by atoms with E-state index >= 15 is 0 Å². The van der Waals surface area contributed by atoms with Gasteiger partial charge in [-0.2, -0.15) is 39.5 Å². The van der Waals surface area contributed by atoms with E-state index in [4.69, 9.17) is 15.0 Å². The molecule has 7 aromatic carbocycles. The predicted molar refractivity (Wildman–Crippen MR) is 216 cm³/mol. The van der Waals surface area contributed by atoms with Crippen molar-refractivity contribution in [1.82, 2.24) is 19.5 Å². The standard InChI is InChI=1S/C48H27F9N4/c49-46(50,51)33-18-15-28(16-19-33)37-21-20-36(27-40(37)45-59-43(29-9-3-1-4-10-29)58-44(60-45)30-11-5-2-6-12-30)61-41-14-8-7-13-38(41)39-25-31(17-22-42(39)61)32-23-34(47(52,53)54)26-35(24-32)48(55,56)57/h1-27H. The van der Waals surface area contributed by atoms with Gasteiger partial charge in [-0.05, 0) is 82.9 Å². The molecule has 2 heterocycles. The molecule has 0 radical (unpaired) electrons. The monoisotopic (exact) mass is 830 g/mol. The second kappa shape index (κ2) is 14.8. The molecule has 0 unspecified atom stereocenters. The van der Waals surface area contributed by atoms with Crippen LogP contribution in [0.2, 0.25) is 0 Å². The van der Waals surface area contributed by atoms with Gasteiger partial charge >= 0.3 is 18.5 Å². The largest absolute Gasteiger partial charge is 0.416 e. The van der Waals surface area contributed by atoms with Gasteiger partial charge in [-0.3, -0.25) is 0 Å². The summed E-state index contributed by atoms with van der Waals surface area (Å²) in [5.41, 5.74) is 0.782. The molecule has 4 nitrogen and oxygen atoms in total. The summed E-state index contributed by atoms with van der Waals surface area (Å²) in [5, 5.41) is 1.21. The molecule has 302 valence electrons. The Morgan fingerprint density at radius 2 is 0.836 bits per heavy atom. The van der Waals surface area contributed by atoms with Crippen LogP contribution in [0.25, 0.3) is 83.9 Å². The molecule has 9 aromatic rings. The third-order valence-corrected chi connectivity index (χ3v) is 10.3. The van der Waals surface area contributed by atoms with Gasteiger partial charge in [-0.15, -0.1) is 0 Å². The van der Waals surface area contributed by atoms with E-state index in [-0.39, 0.29) is 23.0 Å². The molecule has 0 spiro atoms. The molecule has 0 aliphatic carbocycles. The average molecular weight is 831 g/mol. The molecule has 0 atom stereocenters. The summed E-state index contributed by atoms with van der Waals surface area (Å²) in [4.78, 5) is 14.6. The zero-order valence-electron chi connectivity index (χ0n) is 31.3. The number of halogens is 9. The van der Waals surface area contributed by atoms with E-state index in [9.17, 15) is 39.5 Å². The van der Waals surface area contributed by atoms with Gasteiger partial charge in [0, 0.05) is 33.2 Å². The highest BCUT2D eigenvalue weighted by Gasteiger charge is 2.37. The molecule has 9 rings (SSSR count). The molecule has 0 N–H and O–H groups in total. The summed E-state index contributed by atoms with van der Waals surface area (Å²) in [6, 6.07) is 41.8. The van der Waals surface area contributed by atoms with Gasteiger partial charge in [0.1, 0.15) is 0 Å². The molecule has 2 aromatic heterocycles. The molecule has 0 aliphatic heterocycles. The van der Waals surface area contributed by atoms with Crippen LogP contribution in [0.1, 0.15) is 16.7 Å². The van der Waals surface area contributed by atoms with Crippen LogP contribution in [-0.2, 0) is 18.5 Å². The van der Waals surface area contributed by atoms with E-state index in [2.05, 4.69) is 0 Å². The summed E-state index contributed by atoms with van der Waals surface area (Å²) >= 11 is 0. The first-order valence-corrected chi connectivity index (χ1v) is 18.6. The number of para-hydroxylation sites is 1. The summed E-state index contributed by atoms with van der Waals surface area (Å²) in [5.74, 6) is 0.916. The quantitative estimate of drug-likeness (QED) is 0.157. The molecule has 0 saturated carbocycles. The van der Waals surface area contributed by atoms with Crippen molar-refractivity contribution in [1.29, 1.82) is 0 Å². The molecule has 0 amide bonds. The highest BCUT2D eigenvalue weighted by Crippen LogP contribution is 2.42. The van der Waals surface area contributed by atoms with Crippen LogP contribution in [0.5, 0.6) is 0 Å². The predicted octanol–water partition coefficient (Wildman–Crippen LogP) is 14.4. The number of benzene rings is 7. The van der Waals surface area contributed by atoms with Gasteiger partial charge in [-0.25, -0.2) is 15.0 Å². The molecular formula is C48H27F9N4. The van der Waals surface area contributed by atoms with Crippen molar-refractivity contribution in [3.63, 3.8) is 0 Å². The Morgan fingerprint density at radius 3 is 1.41 bits per heavy atom. The van der Waals surface area contributed by atoms with Crippen LogP contribution < -0.4 is 0 Å². The number of hydrogen-bond donors (Lipinski definition) is 0. The maximum atomic E-state index is 13.8. The Kier molecular flexibility index (Phi) is 9.49. The molecule has 0 fully saturated rings. The minimum Gasteiger partial charge on any atom is -0.309 e. The topological polar surface area (TPSA) is 43.6 Å². The highest BCUT2D eigenvalue weighted by atomic mass is 19.4. The van der Waals surface area contributed by atoms with Gasteiger partial charge in [0.15, 0.2) is 17.5 Å². The fourth-order valence-corrected chi connectivity index (χ4v) is 7.43. The lowest BCUT2D eigenvalue weighted by atomic mass is 9.97. The normalized spacial score (nSPS) is 12.3. The minimum absolute atomic E-state index is 0.0952. The van der Waals surface area contributed by atoms with Gasteiger partial charge in [0.05, 0.1) is 27.7 Å². The first-order chi connectivity index (χ1) is 29.1. The molecule has 61 heavy (non-hydrogen) atoms. The van der Waals surface area contributed by atoms with E-state index in [1.54, 1.807) is 48.5 Å². The zero-order valence-corrected chi connectivity index (χ0v) is 31.3. The molecule has 0 bridgehead atoms. The van der Waals surface area contributed by atoms with E-state index < -0.39 is 35.2 Å². The molecule has 0 aliphatic rings. The van der Waals surface area contributed by atoms with Crippen molar-refractivity contribution in [2.45, 2.75) is 18.5 Å². The Bertz CT molecular complexity index is 2990. The highest BCUT2D eigenvalue weighted by molar-refractivity contribution is 6.10. The molecule has 0 saturated heterocycles. The number of aromatic nitrogens is 4. The van der Waals surface area contributed by atoms with Crippen molar-refractivity contribution in [3.8, 4) is 62.1 Å². The fourth-order valence-electron chi connectivity index (χ4n) is 7.43. The summed E-state index contributed by atoms with van der Waals surface area (Å²) in [6.07, 6.45) is -14.6. The van der Waals surface area contributed by atoms with Crippen LogP contribution in [0.15, 0.2) is 164 Å². The van der Waals surface area contributed by atoms with Crippen LogP contribution in [-0.4, -0.2) is 19.5 Å². The zero-order chi connectivity index (χ0) is 42.7. The number of rotatable bonds is 6. The second-order valence-corrected chi connectivity index (χ2v) is 14.2. The lowest BCUT2D eigenvalue weighted by Gasteiger charge is -2.16. The summed E-state index contributed by atoms with van der Waals surface area (Å²) in [6.45, 7) is 0. The Morgan fingerprint density at radius 1 is 0.328 bits per heavy atom. The number of alkyl halides is 9. The Hall–Kier alpha value is -7.28. The van der Waals surface area contributed by atoms with Gasteiger partial charge in [0.2, 0.25) is 0 Å². The molecular weight excluding hydrogens is 804 g/mol. The van der Waals surface area contributed by atoms with Crippen molar-refractivity contribution in [3.05, 3.63) is 180 Å². The van der Waals surface area contributed by atoms with Crippen LogP contribution in [0.4, 0.5) is 39.5 Å². The Balaban J connectivity index is 1.28. The summed E-state index contributed by atoms with van der Waals surface area (Å²) in [7, 11) is 0. The maximum absolute atomic E-state index is 13.8. The average Bonchev–Trinajstić information content (AvgIpc) is 3.59. The van der Waals surface area contributed by atoms with E-state index in [1.807, 2.05) is 71.3 Å². The van der Waals surface area contributed by atoms with Gasteiger partial charge in [-0.1, -0.05) is 103 Å². The first kappa shape index (κ1) is 39.2. The van der Waals surface area contributed by atoms with E-state index in [1.165, 1.54) is 18.2 Å². The van der Waals surface area contributed by atoms with Crippen molar-refractivity contribution in [2.75, 3.05) is 0 Å². The van der Waals surface area contributed by atoms with Gasteiger partial charge in [0.25, 0.3) is 0 Å². The summed E-state index contributed by atoms with van der Waals surface area (Å²) < 4.78 is 126.